The molecule has 29 heavy (non-hydrogen) atoms. The molecule has 1 atom stereocenters. The van der Waals surface area contributed by atoms with E-state index in [4.69, 9.17) is 9.93 Å². The standard InChI is InChI=1S/C19H23N5O4S/c1-11-21-15(24-28-11)16(25)22-13-7-6-12-5-4-8-19(14(12)9-13)10-29(26,27)18(2,3)17(20)23-19/h6-7,9H,4-5,8,10H2,1-3H3,(H2,20,23)(H,22,25)/t19-/m0/s1. The van der Waals surface area contributed by atoms with Gasteiger partial charge in [-0.25, -0.2) is 8.42 Å². The molecule has 1 saturated heterocycles. The molecule has 2 heterocycles. The van der Waals surface area contributed by atoms with Crippen molar-refractivity contribution in [1.82, 2.24) is 15.5 Å². The van der Waals surface area contributed by atoms with Crippen LogP contribution >= 0.6 is 0 Å². The van der Waals surface area contributed by atoms with E-state index in [2.05, 4.69) is 20.8 Å². The molecular formula is C19H23N5O4S. The number of sulfone groups is 1. The molecule has 0 bridgehead atoms. The summed E-state index contributed by atoms with van der Waals surface area (Å²) in [6.45, 7) is 4.70. The number of rotatable bonds is 2. The average molecular weight is 417 g/mol. The summed E-state index contributed by atoms with van der Waals surface area (Å²) in [5, 5.41) is 17.9. The Bertz CT molecular complexity index is 1120. The van der Waals surface area contributed by atoms with Gasteiger partial charge in [-0.05, 0) is 56.4 Å². The zero-order valence-electron chi connectivity index (χ0n) is 16.5. The number of hydrogen-bond donors (Lipinski definition) is 3. The van der Waals surface area contributed by atoms with E-state index in [0.29, 0.717) is 12.1 Å². The predicted molar refractivity (Wildman–Crippen MR) is 107 cm³/mol. The molecule has 2 aliphatic rings. The summed E-state index contributed by atoms with van der Waals surface area (Å²) in [5.74, 6) is -0.392. The number of nitrogens with zero attached hydrogens (tertiary/aromatic N) is 2. The van der Waals surface area contributed by atoms with E-state index in [9.17, 15) is 13.2 Å². The Morgan fingerprint density at radius 2 is 2.10 bits per heavy atom. The molecule has 4 rings (SSSR count). The van der Waals surface area contributed by atoms with Crippen LogP contribution in [0.4, 0.5) is 5.69 Å². The lowest BCUT2D eigenvalue weighted by Crippen LogP contribution is -2.65. The molecule has 1 fully saturated rings. The second-order valence-corrected chi connectivity index (χ2v) is 10.7. The third kappa shape index (κ3) is 3.11. The predicted octanol–water partition coefficient (Wildman–Crippen LogP) is 1.94. The van der Waals surface area contributed by atoms with Gasteiger partial charge in [-0.15, -0.1) is 0 Å². The molecule has 1 aromatic heterocycles. The van der Waals surface area contributed by atoms with Gasteiger partial charge >= 0.3 is 0 Å². The number of aromatic nitrogens is 2. The summed E-state index contributed by atoms with van der Waals surface area (Å²) in [7, 11) is -3.54. The van der Waals surface area contributed by atoms with Gasteiger partial charge in [0, 0.05) is 12.6 Å². The van der Waals surface area contributed by atoms with E-state index in [1.807, 2.05) is 6.07 Å². The van der Waals surface area contributed by atoms with Crippen molar-refractivity contribution >= 4 is 27.3 Å². The topological polar surface area (TPSA) is 138 Å². The number of amides is 1. The van der Waals surface area contributed by atoms with Crippen LogP contribution < -0.4 is 10.6 Å². The van der Waals surface area contributed by atoms with Gasteiger partial charge < -0.3 is 15.2 Å². The molecular weight excluding hydrogens is 394 g/mol. The Hall–Kier alpha value is -2.75. The number of amidine groups is 1. The highest BCUT2D eigenvalue weighted by atomic mass is 32.2. The molecule has 1 aliphatic heterocycles. The Kier molecular flexibility index (Phi) is 4.30. The van der Waals surface area contributed by atoms with Crippen molar-refractivity contribution in [3.05, 3.63) is 41.0 Å². The first-order valence-corrected chi connectivity index (χ1v) is 11.0. The summed E-state index contributed by atoms with van der Waals surface area (Å²) in [4.78, 5) is 16.3. The molecule has 1 aromatic carbocycles. The number of carbonyl (C=O) groups excluding carboxylic acids is 1. The van der Waals surface area contributed by atoms with Gasteiger partial charge in [0.2, 0.25) is 5.89 Å². The Morgan fingerprint density at radius 1 is 1.34 bits per heavy atom. The molecule has 0 unspecified atom stereocenters. The number of nitrogens with one attached hydrogen (secondary N) is 3. The fourth-order valence-corrected chi connectivity index (χ4v) is 5.72. The molecule has 0 radical (unpaired) electrons. The molecule has 154 valence electrons. The first-order chi connectivity index (χ1) is 13.5. The molecule has 1 spiro atoms. The van der Waals surface area contributed by atoms with Gasteiger partial charge in [-0.3, -0.25) is 10.2 Å². The highest BCUT2D eigenvalue weighted by Gasteiger charge is 2.53. The van der Waals surface area contributed by atoms with Gasteiger partial charge in [0.25, 0.3) is 11.7 Å². The van der Waals surface area contributed by atoms with E-state index in [0.717, 1.165) is 24.0 Å². The number of hydrogen-bond acceptors (Lipinski definition) is 7. The van der Waals surface area contributed by atoms with Crippen molar-refractivity contribution < 1.29 is 17.7 Å². The minimum atomic E-state index is -3.54. The maximum atomic E-state index is 13.0. The van der Waals surface area contributed by atoms with Crippen molar-refractivity contribution in [3.8, 4) is 0 Å². The number of anilines is 1. The quantitative estimate of drug-likeness (QED) is 0.679. The summed E-state index contributed by atoms with van der Waals surface area (Å²) < 4.78 is 29.5. The van der Waals surface area contributed by atoms with E-state index in [1.54, 1.807) is 32.9 Å². The second-order valence-electron chi connectivity index (χ2n) is 8.17. The number of benzene rings is 1. The first kappa shape index (κ1) is 19.6. The van der Waals surface area contributed by atoms with Gasteiger partial charge in [-0.2, -0.15) is 4.98 Å². The van der Waals surface area contributed by atoms with Crippen LogP contribution in [0.1, 0.15) is 54.3 Å². The molecule has 2 aromatic rings. The van der Waals surface area contributed by atoms with E-state index < -0.39 is 26.0 Å². The van der Waals surface area contributed by atoms with Gasteiger partial charge in [-0.1, -0.05) is 11.2 Å². The van der Waals surface area contributed by atoms with Crippen LogP contribution in [0.2, 0.25) is 0 Å². The largest absolute Gasteiger partial charge is 0.362 e. The zero-order chi connectivity index (χ0) is 21.0. The minimum Gasteiger partial charge on any atom is -0.362 e. The lowest BCUT2D eigenvalue weighted by molar-refractivity contribution is 0.101. The van der Waals surface area contributed by atoms with Crippen molar-refractivity contribution in [1.29, 1.82) is 5.41 Å². The second kappa shape index (κ2) is 6.38. The van der Waals surface area contributed by atoms with Crippen LogP contribution in [0.5, 0.6) is 0 Å². The summed E-state index contributed by atoms with van der Waals surface area (Å²) in [6, 6.07) is 5.45. The minimum absolute atomic E-state index is 0.00619. The fourth-order valence-electron chi connectivity index (χ4n) is 3.98. The monoisotopic (exact) mass is 417 g/mol. The number of fused-ring (bicyclic) bond motifs is 2. The lowest BCUT2D eigenvalue weighted by Gasteiger charge is -2.47. The Morgan fingerprint density at radius 3 is 2.76 bits per heavy atom. The smallest absolute Gasteiger partial charge is 0.297 e. The van der Waals surface area contributed by atoms with Crippen molar-refractivity contribution in [3.63, 3.8) is 0 Å². The maximum absolute atomic E-state index is 13.0. The van der Waals surface area contributed by atoms with E-state index in [1.165, 1.54) is 0 Å². The molecule has 0 saturated carbocycles. The molecule has 9 nitrogen and oxygen atoms in total. The van der Waals surface area contributed by atoms with Crippen LogP contribution in [0, 0.1) is 12.3 Å². The van der Waals surface area contributed by atoms with Crippen LogP contribution in [-0.2, 0) is 21.8 Å². The maximum Gasteiger partial charge on any atom is 0.297 e. The third-order valence-corrected chi connectivity index (χ3v) is 8.48. The number of aryl methyl sites for hydroxylation is 2. The van der Waals surface area contributed by atoms with Gasteiger partial charge in [0.05, 0.1) is 11.3 Å². The van der Waals surface area contributed by atoms with Crippen LogP contribution in [0.15, 0.2) is 22.7 Å². The van der Waals surface area contributed by atoms with Crippen molar-refractivity contribution in [2.45, 2.75) is 50.3 Å². The van der Waals surface area contributed by atoms with Crippen LogP contribution in [-0.4, -0.2) is 40.8 Å². The first-order valence-electron chi connectivity index (χ1n) is 9.39. The normalized spacial score (nSPS) is 24.6. The summed E-state index contributed by atoms with van der Waals surface area (Å²) in [5.41, 5.74) is 1.45. The molecule has 1 aliphatic carbocycles. The summed E-state index contributed by atoms with van der Waals surface area (Å²) in [6.07, 6.45) is 2.23. The molecule has 3 N–H and O–H groups in total. The van der Waals surface area contributed by atoms with Gasteiger partial charge in [0.15, 0.2) is 9.84 Å². The average Bonchev–Trinajstić information content (AvgIpc) is 3.07. The highest BCUT2D eigenvalue weighted by Crippen LogP contribution is 2.42. The van der Waals surface area contributed by atoms with Crippen molar-refractivity contribution in [2.75, 3.05) is 11.1 Å². The SMILES string of the molecule is Cc1nc(C(=O)Nc2ccc3c(c2)[C@]2(CCC3)CS(=O)(=O)C(C)(C)C(=N)N2)no1. The van der Waals surface area contributed by atoms with Gasteiger partial charge in [0.1, 0.15) is 10.6 Å². The third-order valence-electron chi connectivity index (χ3n) is 5.84. The molecule has 10 heteroatoms. The van der Waals surface area contributed by atoms with E-state index >= 15 is 0 Å². The fraction of sp³-hybridized carbons (Fsp3) is 0.474. The van der Waals surface area contributed by atoms with E-state index in [-0.39, 0.29) is 23.3 Å². The van der Waals surface area contributed by atoms with Crippen molar-refractivity contribution in [2.24, 2.45) is 0 Å². The highest BCUT2D eigenvalue weighted by molar-refractivity contribution is 7.93. The molecule has 1 amide bonds. The van der Waals surface area contributed by atoms with Crippen LogP contribution in [0.3, 0.4) is 0 Å². The zero-order valence-corrected chi connectivity index (χ0v) is 17.3. The Labute approximate surface area is 168 Å². The van der Waals surface area contributed by atoms with Crippen LogP contribution in [0.25, 0.3) is 0 Å². The number of carbonyl (C=O) groups is 1. The summed E-state index contributed by atoms with van der Waals surface area (Å²) >= 11 is 0. The lowest BCUT2D eigenvalue weighted by atomic mass is 9.76. The Balaban J connectivity index is 1.71.